The van der Waals surface area contributed by atoms with E-state index >= 15 is 0 Å². The smallest absolute Gasteiger partial charge is 0.408 e. The van der Waals surface area contributed by atoms with Gasteiger partial charge in [-0.25, -0.2) is 4.79 Å². The van der Waals surface area contributed by atoms with E-state index < -0.39 is 11.7 Å². The van der Waals surface area contributed by atoms with E-state index in [1.165, 1.54) is 0 Å². The van der Waals surface area contributed by atoms with Crippen LogP contribution in [0.3, 0.4) is 0 Å². The Balaban J connectivity index is 2.63. The van der Waals surface area contributed by atoms with Gasteiger partial charge in [0.15, 0.2) is 0 Å². The van der Waals surface area contributed by atoms with Crippen LogP contribution in [-0.2, 0) is 4.74 Å². The molecule has 0 atom stereocenters. The number of hydrogen-bond acceptors (Lipinski definition) is 4. The Hall–Kier alpha value is -2.66. The molecule has 20 heavy (non-hydrogen) atoms. The van der Waals surface area contributed by atoms with E-state index in [-0.39, 0.29) is 6.54 Å². The van der Waals surface area contributed by atoms with Crippen molar-refractivity contribution in [3.8, 4) is 17.9 Å². The monoisotopic (exact) mass is 271 g/mol. The normalized spacial score (nSPS) is 9.90. The highest BCUT2D eigenvalue weighted by atomic mass is 16.6. The van der Waals surface area contributed by atoms with Crippen LogP contribution in [0.15, 0.2) is 18.2 Å². The van der Waals surface area contributed by atoms with Crippen molar-refractivity contribution >= 4 is 11.8 Å². The predicted molar refractivity (Wildman–Crippen MR) is 76.7 cm³/mol. The van der Waals surface area contributed by atoms with Crippen LogP contribution >= 0.6 is 0 Å². The van der Waals surface area contributed by atoms with Crippen LogP contribution in [0.5, 0.6) is 0 Å². The molecule has 0 spiro atoms. The SMILES string of the molecule is CC(C)(C)OC(=O)NCC#Cc1cccc(N)c1C#N. The van der Waals surface area contributed by atoms with Crippen molar-refractivity contribution < 1.29 is 9.53 Å². The number of carbonyl (C=O) groups is 1. The molecule has 1 amide bonds. The van der Waals surface area contributed by atoms with Crippen molar-refractivity contribution in [3.05, 3.63) is 29.3 Å². The van der Waals surface area contributed by atoms with Crippen LogP contribution in [0, 0.1) is 23.2 Å². The zero-order chi connectivity index (χ0) is 15.2. The number of benzene rings is 1. The van der Waals surface area contributed by atoms with E-state index in [2.05, 4.69) is 17.2 Å². The summed E-state index contributed by atoms with van der Waals surface area (Å²) in [6.45, 7) is 5.48. The van der Waals surface area contributed by atoms with E-state index in [1.807, 2.05) is 6.07 Å². The second kappa shape index (κ2) is 6.49. The number of nitrogens with two attached hydrogens (primary N) is 1. The Morgan fingerprint density at radius 2 is 2.15 bits per heavy atom. The number of carbonyl (C=O) groups excluding carboxylic acids is 1. The molecule has 0 unspecified atom stereocenters. The number of nitrogens with zero attached hydrogens (tertiary/aromatic N) is 1. The van der Waals surface area contributed by atoms with E-state index in [0.29, 0.717) is 16.8 Å². The van der Waals surface area contributed by atoms with Crippen LogP contribution in [0.25, 0.3) is 0 Å². The summed E-state index contributed by atoms with van der Waals surface area (Å²) in [6.07, 6.45) is -0.528. The Labute approximate surface area is 118 Å². The van der Waals surface area contributed by atoms with Crippen molar-refractivity contribution in [2.24, 2.45) is 0 Å². The largest absolute Gasteiger partial charge is 0.444 e. The lowest BCUT2D eigenvalue weighted by atomic mass is 10.1. The molecule has 1 aromatic rings. The number of amides is 1. The molecule has 0 aliphatic heterocycles. The number of nitrogens with one attached hydrogen (secondary N) is 1. The Kier molecular flexibility index (Phi) is 5.00. The maximum absolute atomic E-state index is 11.4. The molecule has 5 nitrogen and oxygen atoms in total. The molecule has 1 rings (SSSR count). The standard InChI is InChI=1S/C15H17N3O2/c1-15(2,3)20-14(19)18-9-5-7-11-6-4-8-13(17)12(11)10-16/h4,6,8H,9,17H2,1-3H3,(H,18,19). The zero-order valence-electron chi connectivity index (χ0n) is 11.8. The van der Waals surface area contributed by atoms with Crippen LogP contribution in [0.2, 0.25) is 0 Å². The van der Waals surface area contributed by atoms with Gasteiger partial charge in [-0.2, -0.15) is 5.26 Å². The zero-order valence-corrected chi connectivity index (χ0v) is 11.8. The first-order valence-corrected chi connectivity index (χ1v) is 6.08. The molecule has 0 aliphatic carbocycles. The summed E-state index contributed by atoms with van der Waals surface area (Å²) in [5.74, 6) is 5.55. The highest BCUT2D eigenvalue weighted by molar-refractivity contribution is 5.68. The Morgan fingerprint density at radius 1 is 1.45 bits per heavy atom. The molecule has 0 fully saturated rings. The average molecular weight is 271 g/mol. The third-order valence-electron chi connectivity index (χ3n) is 2.15. The van der Waals surface area contributed by atoms with E-state index in [1.54, 1.807) is 39.0 Å². The number of ether oxygens (including phenoxy) is 1. The summed E-state index contributed by atoms with van der Waals surface area (Å²) in [4.78, 5) is 11.4. The van der Waals surface area contributed by atoms with Gasteiger partial charge >= 0.3 is 6.09 Å². The predicted octanol–water partition coefficient (Wildman–Crippen LogP) is 2.02. The third-order valence-corrected chi connectivity index (χ3v) is 2.15. The van der Waals surface area contributed by atoms with Gasteiger partial charge in [0.1, 0.15) is 11.7 Å². The molecule has 0 radical (unpaired) electrons. The minimum Gasteiger partial charge on any atom is -0.444 e. The van der Waals surface area contributed by atoms with Gasteiger partial charge in [-0.3, -0.25) is 0 Å². The Morgan fingerprint density at radius 3 is 2.75 bits per heavy atom. The fourth-order valence-electron chi connectivity index (χ4n) is 1.37. The number of anilines is 1. The maximum atomic E-state index is 11.4. The van der Waals surface area contributed by atoms with E-state index in [0.717, 1.165) is 0 Å². The van der Waals surface area contributed by atoms with Crippen molar-refractivity contribution in [1.29, 1.82) is 5.26 Å². The fraction of sp³-hybridized carbons (Fsp3) is 0.333. The number of nitriles is 1. The summed E-state index contributed by atoms with van der Waals surface area (Å²) in [5, 5.41) is 11.5. The lowest BCUT2D eigenvalue weighted by Crippen LogP contribution is -2.32. The lowest BCUT2D eigenvalue weighted by Gasteiger charge is -2.19. The van der Waals surface area contributed by atoms with Crippen molar-refractivity contribution in [1.82, 2.24) is 5.32 Å². The van der Waals surface area contributed by atoms with Crippen molar-refractivity contribution in [2.75, 3.05) is 12.3 Å². The molecule has 5 heteroatoms. The summed E-state index contributed by atoms with van der Waals surface area (Å²) in [5.41, 5.74) is 6.40. The summed E-state index contributed by atoms with van der Waals surface area (Å²) in [7, 11) is 0. The molecule has 0 saturated heterocycles. The van der Waals surface area contributed by atoms with Gasteiger partial charge < -0.3 is 15.8 Å². The van der Waals surface area contributed by atoms with Gasteiger partial charge in [-0.1, -0.05) is 17.9 Å². The highest BCUT2D eigenvalue weighted by Crippen LogP contribution is 2.14. The van der Waals surface area contributed by atoms with Gasteiger partial charge in [-0.15, -0.1) is 0 Å². The second-order valence-electron chi connectivity index (χ2n) is 5.04. The Bertz CT molecular complexity index is 598. The molecule has 0 aromatic heterocycles. The van der Waals surface area contributed by atoms with Crippen LogP contribution in [0.1, 0.15) is 31.9 Å². The van der Waals surface area contributed by atoms with Gasteiger partial charge in [-0.05, 0) is 32.9 Å². The highest BCUT2D eigenvalue weighted by Gasteiger charge is 2.15. The van der Waals surface area contributed by atoms with E-state index in [9.17, 15) is 4.79 Å². The van der Waals surface area contributed by atoms with Crippen LogP contribution in [0.4, 0.5) is 10.5 Å². The first-order chi connectivity index (χ1) is 9.33. The number of nitrogen functional groups attached to an aromatic ring is 1. The molecular formula is C15H17N3O2. The van der Waals surface area contributed by atoms with Gasteiger partial charge in [0.05, 0.1) is 17.8 Å². The molecule has 0 bridgehead atoms. The van der Waals surface area contributed by atoms with Gasteiger partial charge in [0.25, 0.3) is 0 Å². The van der Waals surface area contributed by atoms with E-state index in [4.69, 9.17) is 15.7 Å². The van der Waals surface area contributed by atoms with Gasteiger partial charge in [0.2, 0.25) is 0 Å². The summed E-state index contributed by atoms with van der Waals surface area (Å²) in [6, 6.07) is 7.07. The first-order valence-electron chi connectivity index (χ1n) is 6.08. The molecule has 0 saturated carbocycles. The average Bonchev–Trinajstić information content (AvgIpc) is 2.32. The minimum atomic E-state index is -0.542. The summed E-state index contributed by atoms with van der Waals surface area (Å²) < 4.78 is 5.06. The molecule has 0 heterocycles. The third kappa shape index (κ3) is 4.91. The summed E-state index contributed by atoms with van der Waals surface area (Å²) >= 11 is 0. The van der Waals surface area contributed by atoms with Crippen LogP contribution < -0.4 is 11.1 Å². The van der Waals surface area contributed by atoms with Crippen molar-refractivity contribution in [3.63, 3.8) is 0 Å². The number of rotatable bonds is 1. The first kappa shape index (κ1) is 15.4. The molecule has 1 aromatic carbocycles. The van der Waals surface area contributed by atoms with Crippen LogP contribution in [-0.4, -0.2) is 18.2 Å². The molecule has 104 valence electrons. The van der Waals surface area contributed by atoms with Crippen molar-refractivity contribution in [2.45, 2.75) is 26.4 Å². The molecule has 3 N–H and O–H groups in total. The van der Waals surface area contributed by atoms with Gasteiger partial charge in [0, 0.05) is 5.56 Å². The molecular weight excluding hydrogens is 254 g/mol. The number of hydrogen-bond donors (Lipinski definition) is 2. The number of alkyl carbamates (subject to hydrolysis) is 1. The minimum absolute atomic E-state index is 0.134. The molecule has 0 aliphatic rings. The quantitative estimate of drug-likeness (QED) is 0.604. The lowest BCUT2D eigenvalue weighted by molar-refractivity contribution is 0.0535. The topological polar surface area (TPSA) is 88.1 Å². The maximum Gasteiger partial charge on any atom is 0.408 e. The fourth-order valence-corrected chi connectivity index (χ4v) is 1.37. The second-order valence-corrected chi connectivity index (χ2v) is 5.04.